The molecule has 3 rings (SSSR count). The van der Waals surface area contributed by atoms with Gasteiger partial charge in [-0.2, -0.15) is 5.10 Å². The Kier molecular flexibility index (Phi) is 6.08. The third-order valence-electron chi connectivity index (χ3n) is 3.55. The highest BCUT2D eigenvalue weighted by atomic mass is 79.9. The summed E-state index contributed by atoms with van der Waals surface area (Å²) in [6, 6.07) is 8.64. The molecule has 0 spiro atoms. The molecule has 9 heteroatoms. The molecular formula is C18H13Br2ClN2O4. The van der Waals surface area contributed by atoms with Crippen molar-refractivity contribution < 1.29 is 19.1 Å². The first-order valence-electron chi connectivity index (χ1n) is 7.77. The van der Waals surface area contributed by atoms with Crippen molar-refractivity contribution >= 4 is 66.6 Å². The van der Waals surface area contributed by atoms with E-state index in [9.17, 15) is 9.90 Å². The third kappa shape index (κ3) is 4.28. The molecule has 0 unspecified atom stereocenters. The molecule has 0 fully saturated rings. The van der Waals surface area contributed by atoms with E-state index in [2.05, 4.69) is 42.4 Å². The zero-order chi connectivity index (χ0) is 19.6. The molecule has 0 atom stereocenters. The van der Waals surface area contributed by atoms with Crippen molar-refractivity contribution in [3.05, 3.63) is 55.6 Å². The van der Waals surface area contributed by atoms with E-state index >= 15 is 0 Å². The first kappa shape index (κ1) is 19.7. The molecular weight excluding hydrogens is 503 g/mol. The summed E-state index contributed by atoms with van der Waals surface area (Å²) in [6.45, 7) is 2.15. The number of phenolic OH excluding ortho intramolecular Hbond substituents is 1. The topological polar surface area (TPSA) is 84.1 Å². The van der Waals surface area contributed by atoms with E-state index in [-0.39, 0.29) is 22.3 Å². The second-order valence-electron chi connectivity index (χ2n) is 5.37. The summed E-state index contributed by atoms with van der Waals surface area (Å²) in [4.78, 5) is 12.2. The molecule has 0 saturated heterocycles. The third-order valence-corrected chi connectivity index (χ3v) is 5.49. The number of hydrogen-bond donors (Lipinski definition) is 2. The van der Waals surface area contributed by atoms with E-state index in [0.29, 0.717) is 22.2 Å². The number of fused-ring (bicyclic) bond motifs is 1. The normalized spacial score (nSPS) is 11.3. The lowest BCUT2D eigenvalue weighted by atomic mass is 10.2. The van der Waals surface area contributed by atoms with Gasteiger partial charge < -0.3 is 14.3 Å². The molecule has 0 saturated carbocycles. The van der Waals surface area contributed by atoms with E-state index in [0.717, 1.165) is 9.86 Å². The standard InChI is InChI=1S/C18H13Br2ClN2O4/c1-2-26-13-7-10(15(20)16(21)17(13)24)8-22-23-18(25)14-6-9-5-11(19)3-4-12(9)27-14/h3-8,24H,2H2,1H3,(H,23,25)/b22-8+. The molecule has 0 aliphatic heterocycles. The molecule has 1 heterocycles. The zero-order valence-electron chi connectivity index (χ0n) is 13.9. The highest BCUT2D eigenvalue weighted by Crippen LogP contribution is 2.41. The van der Waals surface area contributed by atoms with Crippen LogP contribution in [0.3, 0.4) is 0 Å². The van der Waals surface area contributed by atoms with Gasteiger partial charge in [-0.05, 0) is 53.2 Å². The number of furan rings is 1. The van der Waals surface area contributed by atoms with Gasteiger partial charge in [0.2, 0.25) is 0 Å². The molecule has 27 heavy (non-hydrogen) atoms. The predicted octanol–water partition coefficient (Wildman–Crippen LogP) is 5.48. The van der Waals surface area contributed by atoms with E-state index in [1.54, 1.807) is 25.1 Å². The number of carbonyl (C=O) groups excluding carboxylic acids is 1. The lowest BCUT2D eigenvalue weighted by Crippen LogP contribution is -2.16. The van der Waals surface area contributed by atoms with Crippen molar-refractivity contribution in [2.45, 2.75) is 6.92 Å². The number of rotatable bonds is 5. The summed E-state index contributed by atoms with van der Waals surface area (Å²) in [5.74, 6) is -0.302. The lowest BCUT2D eigenvalue weighted by molar-refractivity contribution is 0.0929. The molecule has 3 aromatic rings. The quantitative estimate of drug-likeness (QED) is 0.348. The van der Waals surface area contributed by atoms with Crippen LogP contribution in [0.25, 0.3) is 11.0 Å². The van der Waals surface area contributed by atoms with Gasteiger partial charge >= 0.3 is 5.91 Å². The van der Waals surface area contributed by atoms with Crippen LogP contribution in [0.1, 0.15) is 23.0 Å². The average molecular weight is 517 g/mol. The van der Waals surface area contributed by atoms with Crippen molar-refractivity contribution in [2.75, 3.05) is 6.61 Å². The Hall–Kier alpha value is -2.03. The van der Waals surface area contributed by atoms with Crippen LogP contribution >= 0.6 is 43.5 Å². The van der Waals surface area contributed by atoms with Crippen molar-refractivity contribution in [2.24, 2.45) is 5.10 Å². The number of ether oxygens (including phenoxy) is 1. The van der Waals surface area contributed by atoms with Crippen molar-refractivity contribution in [3.8, 4) is 11.5 Å². The molecule has 0 aliphatic rings. The molecule has 0 bridgehead atoms. The number of hydrazone groups is 1. The summed E-state index contributed by atoms with van der Waals surface area (Å²) in [7, 11) is 0. The number of carbonyl (C=O) groups is 1. The van der Waals surface area contributed by atoms with Gasteiger partial charge in [0, 0.05) is 19.9 Å². The maximum absolute atomic E-state index is 12.2. The van der Waals surface area contributed by atoms with Crippen LogP contribution in [0.4, 0.5) is 0 Å². The van der Waals surface area contributed by atoms with Gasteiger partial charge in [0.25, 0.3) is 0 Å². The van der Waals surface area contributed by atoms with Gasteiger partial charge in [0.15, 0.2) is 17.3 Å². The highest BCUT2D eigenvalue weighted by molar-refractivity contribution is 9.10. The Morgan fingerprint density at radius 1 is 1.37 bits per heavy atom. The minimum absolute atomic E-state index is 0.0941. The second-order valence-corrected chi connectivity index (χ2v) is 7.45. The Labute approximate surface area is 176 Å². The van der Waals surface area contributed by atoms with E-state index in [1.807, 2.05) is 12.1 Å². The monoisotopic (exact) mass is 514 g/mol. The van der Waals surface area contributed by atoms with Crippen LogP contribution in [-0.4, -0.2) is 23.8 Å². The molecule has 0 radical (unpaired) electrons. The molecule has 1 aromatic heterocycles. The summed E-state index contributed by atoms with van der Waals surface area (Å²) < 4.78 is 12.2. The van der Waals surface area contributed by atoms with Crippen molar-refractivity contribution in [1.82, 2.24) is 5.43 Å². The predicted molar refractivity (Wildman–Crippen MR) is 111 cm³/mol. The fourth-order valence-electron chi connectivity index (χ4n) is 2.31. The average Bonchev–Trinajstić information content (AvgIpc) is 3.06. The first-order valence-corrected chi connectivity index (χ1v) is 9.73. The number of nitrogens with zero attached hydrogens (tertiary/aromatic N) is 1. The highest BCUT2D eigenvalue weighted by Gasteiger charge is 2.15. The number of nitrogens with one attached hydrogen (secondary N) is 1. The van der Waals surface area contributed by atoms with E-state index in [4.69, 9.17) is 20.8 Å². The van der Waals surface area contributed by atoms with Gasteiger partial charge in [0.05, 0.1) is 12.8 Å². The molecule has 0 aliphatic carbocycles. The lowest BCUT2D eigenvalue weighted by Gasteiger charge is -2.10. The van der Waals surface area contributed by atoms with Crippen LogP contribution in [0.5, 0.6) is 11.5 Å². The molecule has 2 N–H and O–H groups in total. The summed E-state index contributed by atoms with van der Waals surface area (Å²) in [5.41, 5.74) is 3.52. The van der Waals surface area contributed by atoms with Gasteiger partial charge in [0.1, 0.15) is 10.6 Å². The van der Waals surface area contributed by atoms with Crippen LogP contribution in [-0.2, 0) is 0 Å². The Morgan fingerprint density at radius 2 is 2.15 bits per heavy atom. The Balaban J connectivity index is 1.79. The molecule has 1 amide bonds. The fraction of sp³-hybridized carbons (Fsp3) is 0.111. The maximum atomic E-state index is 12.2. The van der Waals surface area contributed by atoms with Crippen LogP contribution < -0.4 is 10.2 Å². The van der Waals surface area contributed by atoms with E-state index < -0.39 is 5.91 Å². The number of phenols is 1. The first-order chi connectivity index (χ1) is 12.9. The smallest absolute Gasteiger partial charge is 0.307 e. The van der Waals surface area contributed by atoms with E-state index in [1.165, 1.54) is 6.21 Å². The van der Waals surface area contributed by atoms with Crippen LogP contribution in [0.2, 0.25) is 5.02 Å². The van der Waals surface area contributed by atoms with Crippen LogP contribution in [0, 0.1) is 0 Å². The second kappa shape index (κ2) is 8.33. The number of aromatic hydroxyl groups is 1. The maximum Gasteiger partial charge on any atom is 0.307 e. The number of benzene rings is 2. The zero-order valence-corrected chi connectivity index (χ0v) is 17.9. The minimum Gasteiger partial charge on any atom is -0.503 e. The number of hydrogen-bond acceptors (Lipinski definition) is 5. The molecule has 2 aromatic carbocycles. The van der Waals surface area contributed by atoms with Gasteiger partial charge in [-0.1, -0.05) is 27.5 Å². The van der Waals surface area contributed by atoms with Gasteiger partial charge in [-0.15, -0.1) is 0 Å². The van der Waals surface area contributed by atoms with Gasteiger partial charge in [-0.3, -0.25) is 4.79 Å². The minimum atomic E-state index is -0.496. The summed E-state index contributed by atoms with van der Waals surface area (Å²) >= 11 is 12.7. The largest absolute Gasteiger partial charge is 0.503 e. The van der Waals surface area contributed by atoms with Crippen LogP contribution in [0.15, 0.2) is 48.8 Å². The van der Waals surface area contributed by atoms with Crippen molar-refractivity contribution in [1.29, 1.82) is 0 Å². The Bertz CT molecular complexity index is 1050. The molecule has 6 nitrogen and oxygen atoms in total. The van der Waals surface area contributed by atoms with Gasteiger partial charge in [-0.25, -0.2) is 5.43 Å². The number of amides is 1. The Morgan fingerprint density at radius 3 is 2.89 bits per heavy atom. The van der Waals surface area contributed by atoms with Crippen molar-refractivity contribution in [3.63, 3.8) is 0 Å². The summed E-state index contributed by atoms with van der Waals surface area (Å²) in [5, 5.41) is 14.8. The molecule has 140 valence electrons. The number of halogens is 3. The summed E-state index contributed by atoms with van der Waals surface area (Å²) in [6.07, 6.45) is 1.38. The fourth-order valence-corrected chi connectivity index (χ4v) is 3.30. The SMILES string of the molecule is CCOc1cc(/C=N/NC(=O)c2cc3cc(Br)ccc3o2)c(Br)c(Cl)c1O.